The topological polar surface area (TPSA) is 57.1 Å². The third-order valence-corrected chi connectivity index (χ3v) is 5.26. The van der Waals surface area contributed by atoms with Crippen LogP contribution >= 0.6 is 11.6 Å². The van der Waals surface area contributed by atoms with Crippen LogP contribution < -0.4 is 9.47 Å². The van der Waals surface area contributed by atoms with Crippen molar-refractivity contribution in [2.24, 2.45) is 0 Å². The molecule has 0 amide bonds. The van der Waals surface area contributed by atoms with Gasteiger partial charge in [0.15, 0.2) is 11.5 Å². The molecule has 3 rings (SSSR count). The molecule has 0 aliphatic rings. The van der Waals surface area contributed by atoms with Gasteiger partial charge in [-0.2, -0.15) is 13.2 Å². The van der Waals surface area contributed by atoms with Gasteiger partial charge in [0.2, 0.25) is 5.88 Å². The Kier molecular flexibility index (Phi) is 7.56. The smallest absolute Gasteiger partial charge is 0.417 e. The molecular formula is C23H23ClF3N3O2. The number of alkyl halides is 3. The molecule has 0 N–H and O–H groups in total. The maximum absolute atomic E-state index is 12.7. The van der Waals surface area contributed by atoms with E-state index in [1.54, 1.807) is 6.07 Å². The fraction of sp³-hybridized carbons (Fsp3) is 0.348. The Labute approximate surface area is 189 Å². The van der Waals surface area contributed by atoms with Gasteiger partial charge in [-0.05, 0) is 56.4 Å². The highest BCUT2D eigenvalue weighted by Gasteiger charge is 2.30. The zero-order valence-electron chi connectivity index (χ0n) is 18.0. The average molecular weight is 466 g/mol. The molecule has 0 saturated carbocycles. The Balaban J connectivity index is 1.66. The lowest BCUT2D eigenvalue weighted by atomic mass is 10.1. The number of hydrogen-bond acceptors (Lipinski definition) is 5. The first kappa shape index (κ1) is 23.8. The Bertz CT molecular complexity index is 1070. The second-order valence-electron chi connectivity index (χ2n) is 7.16. The lowest BCUT2D eigenvalue weighted by Crippen LogP contribution is -2.05. The number of hydrogen-bond donors (Lipinski definition) is 0. The number of aromatic nitrogens is 3. The van der Waals surface area contributed by atoms with Crippen LogP contribution in [-0.4, -0.2) is 22.1 Å². The van der Waals surface area contributed by atoms with E-state index < -0.39 is 11.7 Å². The maximum Gasteiger partial charge on any atom is 0.417 e. The quantitative estimate of drug-likeness (QED) is 0.385. The molecule has 5 nitrogen and oxygen atoms in total. The van der Waals surface area contributed by atoms with Crippen LogP contribution in [0.3, 0.4) is 0 Å². The summed E-state index contributed by atoms with van der Waals surface area (Å²) in [6, 6.07) is 7.53. The van der Waals surface area contributed by atoms with E-state index in [0.717, 1.165) is 48.5 Å². The number of benzene rings is 1. The minimum atomic E-state index is -4.45. The highest BCUT2D eigenvalue weighted by atomic mass is 35.5. The van der Waals surface area contributed by atoms with E-state index in [9.17, 15) is 13.2 Å². The third kappa shape index (κ3) is 5.88. The third-order valence-electron chi connectivity index (χ3n) is 4.82. The Hall–Kier alpha value is -2.87. The summed E-state index contributed by atoms with van der Waals surface area (Å²) in [5.41, 5.74) is 1.88. The van der Waals surface area contributed by atoms with Crippen LogP contribution in [0.1, 0.15) is 41.7 Å². The summed E-state index contributed by atoms with van der Waals surface area (Å²) in [4.78, 5) is 12.6. The lowest BCUT2D eigenvalue weighted by Gasteiger charge is -2.12. The molecule has 0 spiro atoms. The van der Waals surface area contributed by atoms with Crippen LogP contribution in [0.25, 0.3) is 0 Å². The molecule has 0 unspecified atom stereocenters. The first-order valence-electron chi connectivity index (χ1n) is 10.1. The van der Waals surface area contributed by atoms with Crippen molar-refractivity contribution in [1.82, 2.24) is 15.0 Å². The molecule has 1 aromatic carbocycles. The van der Waals surface area contributed by atoms with Gasteiger partial charge in [-0.15, -0.1) is 0 Å². The number of ether oxygens (including phenoxy) is 2. The molecule has 0 aliphatic heterocycles. The Morgan fingerprint density at radius 3 is 2.38 bits per heavy atom. The molecule has 32 heavy (non-hydrogen) atoms. The van der Waals surface area contributed by atoms with Crippen LogP contribution in [0.4, 0.5) is 13.2 Å². The molecule has 2 aromatic heterocycles. The fourth-order valence-electron chi connectivity index (χ4n) is 3.21. The van der Waals surface area contributed by atoms with Gasteiger partial charge >= 0.3 is 6.18 Å². The minimum absolute atomic E-state index is 0.0459. The van der Waals surface area contributed by atoms with Gasteiger partial charge in [0.25, 0.3) is 0 Å². The summed E-state index contributed by atoms with van der Waals surface area (Å²) >= 11 is 6.41. The van der Waals surface area contributed by atoms with Gasteiger partial charge in [0, 0.05) is 12.3 Å². The molecule has 0 radical (unpaired) electrons. The molecule has 9 heteroatoms. The van der Waals surface area contributed by atoms with Crippen molar-refractivity contribution in [3.63, 3.8) is 0 Å². The minimum Gasteiger partial charge on any atom is -0.493 e. The second-order valence-corrected chi connectivity index (χ2v) is 7.53. The molecule has 2 heterocycles. The van der Waals surface area contributed by atoms with Crippen LogP contribution in [0.5, 0.6) is 17.4 Å². The number of halogens is 4. The zero-order chi connectivity index (χ0) is 23.3. The van der Waals surface area contributed by atoms with Crippen molar-refractivity contribution < 1.29 is 22.6 Å². The second kappa shape index (κ2) is 10.2. The lowest BCUT2D eigenvalue weighted by molar-refractivity contribution is -0.137. The van der Waals surface area contributed by atoms with Gasteiger partial charge in [-0.3, -0.25) is 0 Å². The van der Waals surface area contributed by atoms with E-state index in [2.05, 4.69) is 15.0 Å². The summed E-state index contributed by atoms with van der Waals surface area (Å²) in [5.74, 6) is 1.59. The van der Waals surface area contributed by atoms with E-state index in [-0.39, 0.29) is 5.88 Å². The highest BCUT2D eigenvalue weighted by Crippen LogP contribution is 2.34. The molecule has 0 saturated heterocycles. The normalized spacial score (nSPS) is 11.5. The summed E-state index contributed by atoms with van der Waals surface area (Å²) < 4.78 is 49.1. The number of methoxy groups -OCH3 is 1. The summed E-state index contributed by atoms with van der Waals surface area (Å²) in [6.45, 7) is 3.86. The van der Waals surface area contributed by atoms with E-state index in [1.807, 2.05) is 26.0 Å². The zero-order valence-corrected chi connectivity index (χ0v) is 18.7. The molecule has 170 valence electrons. The summed E-state index contributed by atoms with van der Waals surface area (Å²) in [5, 5.41) is 0.628. The molecule has 0 aliphatic carbocycles. The van der Waals surface area contributed by atoms with Crippen molar-refractivity contribution >= 4 is 11.6 Å². The molecule has 0 fully saturated rings. The van der Waals surface area contributed by atoms with E-state index >= 15 is 0 Å². The standard InChI is InChI=1S/C23H23ClF3N3O2/c1-4-17-22(24)18(30-14(2)29-17)7-5-6-15-8-10-19(20(12-15)31-3)32-21-11-9-16(13-28-21)23(25,26)27/h8-13H,4-7H2,1-3H3. The van der Waals surface area contributed by atoms with Crippen LogP contribution in [0.2, 0.25) is 5.02 Å². The van der Waals surface area contributed by atoms with Crippen molar-refractivity contribution in [3.8, 4) is 17.4 Å². The largest absolute Gasteiger partial charge is 0.493 e. The van der Waals surface area contributed by atoms with Gasteiger partial charge in [0.05, 0.1) is 29.1 Å². The predicted octanol–water partition coefficient (Wildman–Crippen LogP) is 6.39. The van der Waals surface area contributed by atoms with Crippen molar-refractivity contribution in [2.45, 2.75) is 45.7 Å². The first-order valence-corrected chi connectivity index (χ1v) is 10.5. The highest BCUT2D eigenvalue weighted by molar-refractivity contribution is 6.31. The molecular weight excluding hydrogens is 443 g/mol. The SMILES string of the molecule is CCc1nc(C)nc(CCCc2ccc(Oc3ccc(C(F)(F)F)cn3)c(OC)c2)c1Cl. The number of nitrogens with zero attached hydrogens (tertiary/aromatic N) is 3. The predicted molar refractivity (Wildman–Crippen MR) is 115 cm³/mol. The van der Waals surface area contributed by atoms with E-state index in [0.29, 0.717) is 28.8 Å². The van der Waals surface area contributed by atoms with Gasteiger partial charge in [-0.25, -0.2) is 15.0 Å². The summed E-state index contributed by atoms with van der Waals surface area (Å²) in [6.07, 6.45) is -0.663. The van der Waals surface area contributed by atoms with E-state index in [4.69, 9.17) is 21.1 Å². The monoisotopic (exact) mass is 465 g/mol. The van der Waals surface area contributed by atoms with Crippen LogP contribution in [-0.2, 0) is 25.4 Å². The number of pyridine rings is 1. The number of aryl methyl sites for hydroxylation is 4. The molecule has 0 bridgehead atoms. The van der Waals surface area contributed by atoms with Crippen LogP contribution in [0.15, 0.2) is 36.5 Å². The van der Waals surface area contributed by atoms with E-state index in [1.165, 1.54) is 13.2 Å². The maximum atomic E-state index is 12.7. The summed E-state index contributed by atoms with van der Waals surface area (Å²) in [7, 11) is 1.50. The van der Waals surface area contributed by atoms with Gasteiger partial charge in [0.1, 0.15) is 5.82 Å². The van der Waals surface area contributed by atoms with Crippen molar-refractivity contribution in [1.29, 1.82) is 0 Å². The Morgan fingerprint density at radius 2 is 1.75 bits per heavy atom. The van der Waals surface area contributed by atoms with Gasteiger partial charge < -0.3 is 9.47 Å². The Morgan fingerprint density at radius 1 is 1.00 bits per heavy atom. The van der Waals surface area contributed by atoms with Crippen LogP contribution in [0, 0.1) is 6.92 Å². The first-order chi connectivity index (χ1) is 15.2. The average Bonchev–Trinajstić information content (AvgIpc) is 2.76. The van der Waals surface area contributed by atoms with Crippen molar-refractivity contribution in [2.75, 3.05) is 7.11 Å². The van der Waals surface area contributed by atoms with Gasteiger partial charge in [-0.1, -0.05) is 24.6 Å². The molecule has 3 aromatic rings. The fourth-order valence-corrected chi connectivity index (χ4v) is 3.53. The van der Waals surface area contributed by atoms with Crippen molar-refractivity contribution in [3.05, 3.63) is 69.9 Å². The molecule has 0 atom stereocenters. The number of rotatable bonds is 8.